The second kappa shape index (κ2) is 6.01. The van der Waals surface area contributed by atoms with E-state index in [2.05, 4.69) is 39.5 Å². The van der Waals surface area contributed by atoms with E-state index in [4.69, 9.17) is 4.74 Å². The van der Waals surface area contributed by atoms with Crippen LogP contribution in [-0.4, -0.2) is 13.2 Å². The minimum absolute atomic E-state index is 0.384. The van der Waals surface area contributed by atoms with E-state index in [1.165, 1.54) is 0 Å². The summed E-state index contributed by atoms with van der Waals surface area (Å²) in [6, 6.07) is 0. The smallest absolute Gasteiger partial charge is 0.0651 e. The average molecular weight is 168 g/mol. The summed E-state index contributed by atoms with van der Waals surface area (Å²) in [5.41, 5.74) is 0.384. The van der Waals surface area contributed by atoms with E-state index in [0.29, 0.717) is 18.6 Å². The van der Waals surface area contributed by atoms with Crippen LogP contribution in [0.1, 0.15) is 27.2 Å². The molecule has 0 fully saturated rings. The maximum atomic E-state index is 5.19. The lowest BCUT2D eigenvalue weighted by Crippen LogP contribution is -2.02. The van der Waals surface area contributed by atoms with Gasteiger partial charge in [-0.3, -0.25) is 0 Å². The fraction of sp³-hybridized carbons (Fsp3) is 0.636. The molecule has 1 heteroatoms. The highest BCUT2D eigenvalue weighted by Gasteiger charge is 2.05. The maximum Gasteiger partial charge on any atom is 0.0651 e. The molecule has 12 heavy (non-hydrogen) atoms. The minimum Gasteiger partial charge on any atom is -0.373 e. The quantitative estimate of drug-likeness (QED) is 0.452. The first-order valence-electron chi connectivity index (χ1n) is 4.40. The van der Waals surface area contributed by atoms with Crippen LogP contribution in [0, 0.1) is 5.41 Å². The lowest BCUT2D eigenvalue weighted by Gasteiger charge is -2.14. The number of hydrogen-bond donors (Lipinski definition) is 0. The van der Waals surface area contributed by atoms with Crippen LogP contribution in [0.5, 0.6) is 0 Å². The third kappa shape index (κ3) is 9.44. The van der Waals surface area contributed by atoms with Crippen LogP contribution in [-0.2, 0) is 4.74 Å². The summed E-state index contributed by atoms with van der Waals surface area (Å²) in [6.45, 7) is 11.6. The zero-order chi connectivity index (χ0) is 9.45. The average Bonchev–Trinajstić information content (AvgIpc) is 1.94. The molecule has 0 bridgehead atoms. The van der Waals surface area contributed by atoms with Gasteiger partial charge in [-0.2, -0.15) is 0 Å². The van der Waals surface area contributed by atoms with Crippen molar-refractivity contribution in [3.05, 3.63) is 24.8 Å². The van der Waals surface area contributed by atoms with Gasteiger partial charge in [0.15, 0.2) is 0 Å². The molecule has 0 saturated carbocycles. The van der Waals surface area contributed by atoms with Crippen LogP contribution in [0.2, 0.25) is 0 Å². The Kier molecular flexibility index (Phi) is 5.73. The summed E-state index contributed by atoms with van der Waals surface area (Å²) in [6.07, 6.45) is 7.10. The molecule has 70 valence electrons. The van der Waals surface area contributed by atoms with Gasteiger partial charge in [-0.1, -0.05) is 39.0 Å². The molecule has 0 amide bonds. The Morgan fingerprint density at radius 1 is 1.17 bits per heavy atom. The van der Waals surface area contributed by atoms with E-state index < -0.39 is 0 Å². The zero-order valence-corrected chi connectivity index (χ0v) is 8.47. The molecule has 0 atom stereocenters. The van der Waals surface area contributed by atoms with Crippen molar-refractivity contribution in [3.8, 4) is 0 Å². The first-order chi connectivity index (χ1) is 5.56. The van der Waals surface area contributed by atoms with E-state index >= 15 is 0 Å². The van der Waals surface area contributed by atoms with Crippen molar-refractivity contribution in [2.75, 3.05) is 13.2 Å². The van der Waals surface area contributed by atoms with Gasteiger partial charge in [-0.25, -0.2) is 0 Å². The molecule has 0 saturated heterocycles. The SMILES string of the molecule is C=CCOCC=CCC(C)(C)C. The van der Waals surface area contributed by atoms with Crippen molar-refractivity contribution >= 4 is 0 Å². The van der Waals surface area contributed by atoms with Crippen LogP contribution in [0.4, 0.5) is 0 Å². The van der Waals surface area contributed by atoms with Crippen LogP contribution in [0.15, 0.2) is 24.8 Å². The molecule has 0 radical (unpaired) electrons. The normalized spacial score (nSPS) is 12.2. The van der Waals surface area contributed by atoms with Gasteiger partial charge in [-0.15, -0.1) is 6.58 Å². The van der Waals surface area contributed by atoms with Crippen LogP contribution < -0.4 is 0 Å². The standard InChI is InChI=1S/C11H20O/c1-5-9-12-10-7-6-8-11(2,3)4/h5-7H,1,8-10H2,2-4H3. The zero-order valence-electron chi connectivity index (χ0n) is 8.47. The largest absolute Gasteiger partial charge is 0.373 e. The summed E-state index contributed by atoms with van der Waals surface area (Å²) in [5.74, 6) is 0. The Balaban J connectivity index is 3.31. The fourth-order valence-electron chi connectivity index (χ4n) is 0.724. The first-order valence-corrected chi connectivity index (χ1v) is 4.40. The van der Waals surface area contributed by atoms with Crippen molar-refractivity contribution in [2.24, 2.45) is 5.41 Å². The molecule has 1 nitrogen and oxygen atoms in total. The molecule has 0 aromatic carbocycles. The third-order valence-electron chi connectivity index (χ3n) is 1.35. The molecule has 0 heterocycles. The summed E-state index contributed by atoms with van der Waals surface area (Å²) >= 11 is 0. The highest BCUT2D eigenvalue weighted by Crippen LogP contribution is 2.18. The predicted octanol–water partition coefficient (Wildman–Crippen LogP) is 3.18. The lowest BCUT2D eigenvalue weighted by molar-refractivity contribution is 0.193. The summed E-state index contributed by atoms with van der Waals surface area (Å²) in [5, 5.41) is 0. The van der Waals surface area contributed by atoms with Crippen molar-refractivity contribution in [2.45, 2.75) is 27.2 Å². The Hall–Kier alpha value is -0.560. The Labute approximate surface area is 76.1 Å². The van der Waals surface area contributed by atoms with Gasteiger partial charge in [-0.05, 0) is 11.8 Å². The number of rotatable bonds is 5. The molecule has 0 aliphatic heterocycles. The van der Waals surface area contributed by atoms with Gasteiger partial charge in [0, 0.05) is 0 Å². The van der Waals surface area contributed by atoms with Crippen LogP contribution in [0.3, 0.4) is 0 Å². The van der Waals surface area contributed by atoms with Crippen LogP contribution >= 0.6 is 0 Å². The number of ether oxygens (including phenoxy) is 1. The van der Waals surface area contributed by atoms with Crippen molar-refractivity contribution in [1.29, 1.82) is 0 Å². The summed E-state index contributed by atoms with van der Waals surface area (Å²) < 4.78 is 5.19. The summed E-state index contributed by atoms with van der Waals surface area (Å²) in [7, 11) is 0. The van der Waals surface area contributed by atoms with Crippen molar-refractivity contribution in [1.82, 2.24) is 0 Å². The van der Waals surface area contributed by atoms with E-state index in [1.807, 2.05) is 0 Å². The van der Waals surface area contributed by atoms with E-state index in [1.54, 1.807) is 6.08 Å². The monoisotopic (exact) mass is 168 g/mol. The van der Waals surface area contributed by atoms with Gasteiger partial charge < -0.3 is 4.74 Å². The summed E-state index contributed by atoms with van der Waals surface area (Å²) in [4.78, 5) is 0. The number of hydrogen-bond acceptors (Lipinski definition) is 1. The van der Waals surface area contributed by atoms with Crippen LogP contribution in [0.25, 0.3) is 0 Å². The second-order valence-corrected chi connectivity index (χ2v) is 4.06. The molecule has 0 aliphatic carbocycles. The third-order valence-corrected chi connectivity index (χ3v) is 1.35. The van der Waals surface area contributed by atoms with Gasteiger partial charge in [0.25, 0.3) is 0 Å². The van der Waals surface area contributed by atoms with E-state index in [0.717, 1.165) is 6.42 Å². The predicted molar refractivity (Wildman–Crippen MR) is 54.2 cm³/mol. The highest BCUT2D eigenvalue weighted by molar-refractivity contribution is 4.85. The second-order valence-electron chi connectivity index (χ2n) is 4.06. The van der Waals surface area contributed by atoms with Gasteiger partial charge >= 0.3 is 0 Å². The van der Waals surface area contributed by atoms with E-state index in [-0.39, 0.29) is 0 Å². The topological polar surface area (TPSA) is 9.23 Å². The van der Waals surface area contributed by atoms with Gasteiger partial charge in [0.05, 0.1) is 13.2 Å². The Morgan fingerprint density at radius 3 is 2.33 bits per heavy atom. The fourth-order valence-corrected chi connectivity index (χ4v) is 0.724. The molecule has 0 aromatic rings. The van der Waals surface area contributed by atoms with Crippen molar-refractivity contribution in [3.63, 3.8) is 0 Å². The molecule has 0 spiro atoms. The molecule has 0 aliphatic rings. The minimum atomic E-state index is 0.384. The maximum absolute atomic E-state index is 5.19. The molecule has 0 aromatic heterocycles. The van der Waals surface area contributed by atoms with Gasteiger partial charge in [0.1, 0.15) is 0 Å². The number of allylic oxidation sites excluding steroid dienone is 1. The Morgan fingerprint density at radius 2 is 1.83 bits per heavy atom. The lowest BCUT2D eigenvalue weighted by atomic mass is 9.92. The molecular weight excluding hydrogens is 148 g/mol. The molecule has 0 N–H and O–H groups in total. The molecular formula is C11H20O. The molecule has 0 rings (SSSR count). The molecule has 0 unspecified atom stereocenters. The van der Waals surface area contributed by atoms with E-state index in [9.17, 15) is 0 Å². The van der Waals surface area contributed by atoms with Crippen molar-refractivity contribution < 1.29 is 4.74 Å². The Bertz CT molecular complexity index is 140. The van der Waals surface area contributed by atoms with Gasteiger partial charge in [0.2, 0.25) is 0 Å². The highest BCUT2D eigenvalue weighted by atomic mass is 16.5. The first kappa shape index (κ1) is 11.4.